The van der Waals surface area contributed by atoms with Gasteiger partial charge in [-0.3, -0.25) is 4.98 Å². The second-order valence-electron chi connectivity index (χ2n) is 6.04. The van der Waals surface area contributed by atoms with E-state index in [9.17, 15) is 8.42 Å². The van der Waals surface area contributed by atoms with Crippen molar-refractivity contribution in [2.75, 3.05) is 32.7 Å². The molecule has 5 nitrogen and oxygen atoms in total. The van der Waals surface area contributed by atoms with Crippen molar-refractivity contribution in [3.63, 3.8) is 0 Å². The molecule has 2 aliphatic rings. The maximum absolute atomic E-state index is 12.5. The average molecular weight is 321 g/mol. The van der Waals surface area contributed by atoms with E-state index in [1.54, 1.807) is 22.6 Å². The molecule has 1 aromatic rings. The molecule has 0 radical (unpaired) electrons. The SMILES string of the molecule is O=S(=O)(c1cccnc1)N1CCN(C[C@@H]2CC=CCC2)CC1. The van der Waals surface area contributed by atoms with Gasteiger partial charge in [-0.2, -0.15) is 4.31 Å². The molecule has 0 N–H and O–H groups in total. The van der Waals surface area contributed by atoms with E-state index in [-0.39, 0.29) is 0 Å². The van der Waals surface area contributed by atoms with Crippen LogP contribution in [0.25, 0.3) is 0 Å². The smallest absolute Gasteiger partial charge is 0.244 e. The lowest BCUT2D eigenvalue weighted by Gasteiger charge is -2.36. The number of piperazine rings is 1. The molecule has 1 saturated heterocycles. The van der Waals surface area contributed by atoms with Crippen molar-refractivity contribution in [1.82, 2.24) is 14.2 Å². The first kappa shape index (κ1) is 15.6. The van der Waals surface area contributed by atoms with Crippen molar-refractivity contribution in [1.29, 1.82) is 0 Å². The number of rotatable bonds is 4. The second kappa shape index (κ2) is 6.89. The molecule has 0 saturated carbocycles. The highest BCUT2D eigenvalue weighted by Crippen LogP contribution is 2.21. The largest absolute Gasteiger partial charge is 0.300 e. The molecule has 1 aromatic heterocycles. The van der Waals surface area contributed by atoms with Gasteiger partial charge in [0.2, 0.25) is 10.0 Å². The van der Waals surface area contributed by atoms with Crippen molar-refractivity contribution < 1.29 is 8.42 Å². The molecule has 1 fully saturated rings. The standard InChI is InChI=1S/C16H23N3O2S/c20-22(21,16-7-4-8-17-13-16)19-11-9-18(10-12-19)14-15-5-2-1-3-6-15/h1-2,4,7-8,13,15H,3,5-6,9-12,14H2/t15-/m1/s1. The maximum Gasteiger partial charge on any atom is 0.244 e. The molecular formula is C16H23N3O2S. The Bertz CT molecular complexity index is 608. The number of pyridine rings is 1. The van der Waals surface area contributed by atoms with E-state index in [0.29, 0.717) is 18.0 Å². The van der Waals surface area contributed by atoms with E-state index in [4.69, 9.17) is 0 Å². The van der Waals surface area contributed by atoms with Crippen molar-refractivity contribution in [2.24, 2.45) is 5.92 Å². The lowest BCUT2D eigenvalue weighted by atomic mass is 9.94. The van der Waals surface area contributed by atoms with Crippen LogP contribution < -0.4 is 0 Å². The number of allylic oxidation sites excluding steroid dienone is 2. The molecule has 0 bridgehead atoms. The summed E-state index contributed by atoms with van der Waals surface area (Å²) in [6, 6.07) is 3.28. The first-order valence-corrected chi connectivity index (χ1v) is 9.38. The number of hydrogen-bond donors (Lipinski definition) is 0. The third kappa shape index (κ3) is 3.56. The Hall–Kier alpha value is -1.24. The van der Waals surface area contributed by atoms with Crippen LogP contribution >= 0.6 is 0 Å². The van der Waals surface area contributed by atoms with Crippen LogP contribution in [0.2, 0.25) is 0 Å². The van der Waals surface area contributed by atoms with Crippen LogP contribution in [0, 0.1) is 5.92 Å². The zero-order valence-corrected chi connectivity index (χ0v) is 13.6. The monoisotopic (exact) mass is 321 g/mol. The fourth-order valence-electron chi connectivity index (χ4n) is 3.19. The third-order valence-electron chi connectivity index (χ3n) is 4.50. The quantitative estimate of drug-likeness (QED) is 0.793. The topological polar surface area (TPSA) is 53.5 Å². The molecule has 6 heteroatoms. The van der Waals surface area contributed by atoms with Gasteiger partial charge in [0.05, 0.1) is 0 Å². The Morgan fingerprint density at radius 2 is 2.00 bits per heavy atom. The zero-order chi connectivity index (χ0) is 15.4. The molecule has 0 unspecified atom stereocenters. The Morgan fingerprint density at radius 3 is 2.64 bits per heavy atom. The minimum absolute atomic E-state index is 0.292. The fraction of sp³-hybridized carbons (Fsp3) is 0.562. The molecule has 1 atom stereocenters. The van der Waals surface area contributed by atoms with Crippen LogP contribution in [0.3, 0.4) is 0 Å². The van der Waals surface area contributed by atoms with Gasteiger partial charge in [0.1, 0.15) is 4.90 Å². The summed E-state index contributed by atoms with van der Waals surface area (Å²) in [6.07, 6.45) is 11.1. The van der Waals surface area contributed by atoms with Crippen molar-refractivity contribution in [3.8, 4) is 0 Å². The third-order valence-corrected chi connectivity index (χ3v) is 6.38. The van der Waals surface area contributed by atoms with Crippen molar-refractivity contribution in [2.45, 2.75) is 24.2 Å². The molecule has 22 heavy (non-hydrogen) atoms. The molecule has 2 heterocycles. The maximum atomic E-state index is 12.5. The summed E-state index contributed by atoms with van der Waals surface area (Å²) in [5.74, 6) is 0.728. The number of hydrogen-bond acceptors (Lipinski definition) is 4. The van der Waals surface area contributed by atoms with Crippen LogP contribution in [-0.2, 0) is 10.0 Å². The molecule has 3 rings (SSSR count). The first-order chi connectivity index (χ1) is 10.7. The van der Waals surface area contributed by atoms with Crippen molar-refractivity contribution >= 4 is 10.0 Å². The summed E-state index contributed by atoms with van der Waals surface area (Å²) in [5.41, 5.74) is 0. The van der Waals surface area contributed by atoms with E-state index in [0.717, 1.165) is 32.0 Å². The Morgan fingerprint density at radius 1 is 1.18 bits per heavy atom. The van der Waals surface area contributed by atoms with E-state index in [2.05, 4.69) is 22.0 Å². The minimum atomic E-state index is -3.39. The molecule has 1 aliphatic heterocycles. The van der Waals surface area contributed by atoms with E-state index < -0.39 is 10.0 Å². The van der Waals surface area contributed by atoms with Crippen LogP contribution in [0.5, 0.6) is 0 Å². The van der Waals surface area contributed by atoms with E-state index in [1.165, 1.54) is 19.0 Å². The van der Waals surface area contributed by atoms with Gasteiger partial charge in [0.25, 0.3) is 0 Å². The van der Waals surface area contributed by atoms with Crippen LogP contribution in [0.15, 0.2) is 41.6 Å². The lowest BCUT2D eigenvalue weighted by molar-refractivity contribution is 0.161. The summed E-state index contributed by atoms with van der Waals surface area (Å²) >= 11 is 0. The van der Waals surface area contributed by atoms with E-state index >= 15 is 0 Å². The van der Waals surface area contributed by atoms with Crippen LogP contribution in [0.4, 0.5) is 0 Å². The number of nitrogens with zero attached hydrogens (tertiary/aromatic N) is 3. The normalized spacial score (nSPS) is 24.5. The molecule has 0 amide bonds. The van der Waals surface area contributed by atoms with Gasteiger partial charge in [0, 0.05) is 45.1 Å². The van der Waals surface area contributed by atoms with Gasteiger partial charge < -0.3 is 4.90 Å². The average Bonchev–Trinajstić information content (AvgIpc) is 2.57. The Labute approximate surface area is 132 Å². The van der Waals surface area contributed by atoms with Gasteiger partial charge in [-0.25, -0.2) is 8.42 Å². The molecule has 1 aliphatic carbocycles. The molecule has 0 aromatic carbocycles. The first-order valence-electron chi connectivity index (χ1n) is 7.94. The Kier molecular flexibility index (Phi) is 4.90. The summed E-state index contributed by atoms with van der Waals surface area (Å²) in [6.45, 7) is 3.87. The highest BCUT2D eigenvalue weighted by molar-refractivity contribution is 7.89. The molecule has 0 spiro atoms. The highest BCUT2D eigenvalue weighted by Gasteiger charge is 2.29. The molecular weight excluding hydrogens is 298 g/mol. The van der Waals surface area contributed by atoms with Crippen molar-refractivity contribution in [3.05, 3.63) is 36.7 Å². The fourth-order valence-corrected chi connectivity index (χ4v) is 4.58. The minimum Gasteiger partial charge on any atom is -0.300 e. The number of sulfonamides is 1. The summed E-state index contributed by atoms with van der Waals surface area (Å²) in [5, 5.41) is 0. The Balaban J connectivity index is 1.56. The van der Waals surface area contributed by atoms with Gasteiger partial charge in [-0.1, -0.05) is 12.2 Å². The highest BCUT2D eigenvalue weighted by atomic mass is 32.2. The summed E-state index contributed by atoms with van der Waals surface area (Å²) in [7, 11) is -3.39. The summed E-state index contributed by atoms with van der Waals surface area (Å²) < 4.78 is 26.7. The lowest BCUT2D eigenvalue weighted by Crippen LogP contribution is -2.49. The van der Waals surface area contributed by atoms with Gasteiger partial charge in [-0.05, 0) is 37.3 Å². The zero-order valence-electron chi connectivity index (χ0n) is 12.8. The van der Waals surface area contributed by atoms with Crippen LogP contribution in [-0.4, -0.2) is 55.3 Å². The van der Waals surface area contributed by atoms with E-state index in [1.807, 2.05) is 0 Å². The van der Waals surface area contributed by atoms with Gasteiger partial charge in [0.15, 0.2) is 0 Å². The van der Waals surface area contributed by atoms with Gasteiger partial charge >= 0.3 is 0 Å². The summed E-state index contributed by atoms with van der Waals surface area (Å²) in [4.78, 5) is 6.61. The predicted octanol–water partition coefficient (Wildman–Crippen LogP) is 1.74. The number of aromatic nitrogens is 1. The molecule has 120 valence electrons. The second-order valence-corrected chi connectivity index (χ2v) is 7.98. The van der Waals surface area contributed by atoms with Gasteiger partial charge in [-0.15, -0.1) is 0 Å². The predicted molar refractivity (Wildman–Crippen MR) is 85.9 cm³/mol. The van der Waals surface area contributed by atoms with Crippen LogP contribution in [0.1, 0.15) is 19.3 Å².